The van der Waals surface area contributed by atoms with Crippen molar-refractivity contribution in [2.24, 2.45) is 0 Å². The molecule has 0 rings (SSSR count). The molecule has 0 saturated carbocycles. The van der Waals surface area contributed by atoms with Gasteiger partial charge < -0.3 is 24.5 Å². The van der Waals surface area contributed by atoms with Gasteiger partial charge in [0.15, 0.2) is 0 Å². The van der Waals surface area contributed by atoms with Gasteiger partial charge in [-0.1, -0.05) is 0 Å². The van der Waals surface area contributed by atoms with Crippen LogP contribution in [0.15, 0.2) is 0 Å². The zero-order valence-corrected chi connectivity index (χ0v) is 3.92. The van der Waals surface area contributed by atoms with Crippen molar-refractivity contribution in [3.63, 3.8) is 0 Å². The molecule has 0 spiro atoms. The predicted molar refractivity (Wildman–Crippen MR) is 27.6 cm³/mol. The third kappa shape index (κ3) is 168. The fourth-order valence-corrected chi connectivity index (χ4v) is 0. The average Bonchev–Trinajstić information content (AvgIpc) is 0.811. The zero-order chi connectivity index (χ0) is 3.58. The fraction of sp³-hybridized carbons (Fsp3) is 0. The Morgan fingerprint density at radius 1 is 1.38 bits per heavy atom. The quantitative estimate of drug-likeness (QED) is 0.210. The van der Waals surface area contributed by atoms with Crippen molar-refractivity contribution in [1.82, 2.24) is 0 Å². The van der Waals surface area contributed by atoms with Crippen LogP contribution in [-0.2, 0) is 0 Å². The van der Waals surface area contributed by atoms with E-state index in [9.17, 15) is 0 Å². The van der Waals surface area contributed by atoms with E-state index in [4.69, 9.17) is 15.3 Å². The van der Waals surface area contributed by atoms with Crippen LogP contribution in [0.5, 0.6) is 0 Å². The van der Waals surface area contributed by atoms with E-state index in [-0.39, 0.29) is 29.4 Å². The van der Waals surface area contributed by atoms with E-state index in [1.807, 2.05) is 0 Å². The summed E-state index contributed by atoms with van der Waals surface area (Å²) < 4.78 is 0. The van der Waals surface area contributed by atoms with E-state index < -0.39 is 5.09 Å². The second-order valence-corrected chi connectivity index (χ2v) is 0.238. The van der Waals surface area contributed by atoms with Gasteiger partial charge in [0.25, 0.3) is 5.09 Å². The van der Waals surface area contributed by atoms with Crippen molar-refractivity contribution in [2.75, 3.05) is 0 Å². The van der Waals surface area contributed by atoms with Crippen molar-refractivity contribution >= 4 is 10.1 Å². The molecule has 0 aliphatic heterocycles. The molecule has 8 heavy (non-hydrogen) atoms. The second kappa shape index (κ2) is 34.0. The number of hydrogen-bond acceptors (Lipinski definition) is 2. The summed E-state index contributed by atoms with van der Waals surface area (Å²) in [6.07, 6.45) is 0. The van der Waals surface area contributed by atoms with Crippen molar-refractivity contribution in [2.45, 2.75) is 0 Å². The second-order valence-electron chi connectivity index (χ2n) is 0.238. The molecule has 52 valence electrons. The molecule has 0 aromatic rings. The Morgan fingerprint density at radius 3 is 1.38 bits per heavy atom. The summed E-state index contributed by atoms with van der Waals surface area (Å²) in [4.78, 5) is 8.36. The van der Waals surface area contributed by atoms with Gasteiger partial charge in [0.2, 0.25) is 0 Å². The molecule has 0 fully saturated rings. The molecule has 7 N–H and O–H groups in total. The Kier molecular flexibility index (Phi) is 238. The summed E-state index contributed by atoms with van der Waals surface area (Å²) in [5, 5.41) is 13.6. The van der Waals surface area contributed by atoms with Crippen LogP contribution in [0.25, 0.3) is 0 Å². The summed E-state index contributed by atoms with van der Waals surface area (Å²) >= 11 is 0. The largest absolute Gasteiger partial charge is 2.00 e. The van der Waals surface area contributed by atoms with Crippen molar-refractivity contribution in [3.05, 3.63) is 10.1 Å². The SMILES string of the molecule is O.O.O.O=[N+]([O-])O.[Be+2].[H-].[H-]. The molecular weight excluding hydrogens is 119 g/mol. The summed E-state index contributed by atoms with van der Waals surface area (Å²) in [5.74, 6) is 0. The van der Waals surface area contributed by atoms with Crippen LogP contribution >= 0.6 is 0 Å². The van der Waals surface area contributed by atoms with Crippen LogP contribution in [0.1, 0.15) is 2.85 Å². The van der Waals surface area contributed by atoms with Gasteiger partial charge in [-0.05, 0) is 0 Å². The Bertz CT molecular complexity index is 38.7. The molecule has 0 aromatic heterocycles. The van der Waals surface area contributed by atoms with Gasteiger partial charge in [0.05, 0.1) is 0 Å². The normalized spacial score (nSPS) is 3.00. The van der Waals surface area contributed by atoms with Gasteiger partial charge >= 0.3 is 10.1 Å². The molecule has 0 aliphatic rings. The first-order chi connectivity index (χ1) is 1.73. The first-order valence-corrected chi connectivity index (χ1v) is 0.565. The molecule has 7 nitrogen and oxygen atoms in total. The average molecular weight is 128 g/mol. The Hall–Kier alpha value is -0.751. The number of nitrogens with zero attached hydrogens (tertiary/aromatic N) is 1. The molecule has 0 saturated heterocycles. The van der Waals surface area contributed by atoms with Crippen LogP contribution < -0.4 is 0 Å². The summed E-state index contributed by atoms with van der Waals surface area (Å²) in [6.45, 7) is 0. The monoisotopic (exact) mass is 128 g/mol. The third-order valence-electron chi connectivity index (χ3n) is 0. The summed E-state index contributed by atoms with van der Waals surface area (Å²) in [6, 6.07) is 0. The molecule has 0 aromatic carbocycles. The molecule has 0 atom stereocenters. The molecule has 0 heterocycles. The van der Waals surface area contributed by atoms with Gasteiger partial charge in [0.1, 0.15) is 0 Å². The van der Waals surface area contributed by atoms with E-state index in [0.717, 1.165) is 0 Å². The van der Waals surface area contributed by atoms with E-state index in [1.165, 1.54) is 0 Å². The van der Waals surface area contributed by atoms with Gasteiger partial charge in [0, 0.05) is 0 Å². The molecule has 0 amide bonds. The molecule has 0 radical (unpaired) electrons. The minimum Gasteiger partial charge on any atom is -1.00 e. The Morgan fingerprint density at radius 2 is 1.38 bits per heavy atom. The Labute approximate surface area is 51.2 Å². The van der Waals surface area contributed by atoms with E-state index >= 15 is 0 Å². The van der Waals surface area contributed by atoms with Crippen molar-refractivity contribution in [1.29, 1.82) is 0 Å². The van der Waals surface area contributed by atoms with Crippen molar-refractivity contribution in [3.8, 4) is 0 Å². The van der Waals surface area contributed by atoms with E-state index in [2.05, 4.69) is 0 Å². The first-order valence-electron chi connectivity index (χ1n) is 0.565. The molecule has 8 heteroatoms. The molecule has 0 unspecified atom stereocenters. The number of hydrogen-bond donors (Lipinski definition) is 1. The fourth-order valence-electron chi connectivity index (χ4n) is 0. The minimum absolute atomic E-state index is 0. The smallest absolute Gasteiger partial charge is 1.00 e. The maximum absolute atomic E-state index is 8.36. The molecule has 0 aliphatic carbocycles. The maximum atomic E-state index is 8.36. The minimum atomic E-state index is -1.50. The predicted octanol–water partition coefficient (Wildman–Crippen LogP) is -2.98. The van der Waals surface area contributed by atoms with Crippen LogP contribution in [0.4, 0.5) is 0 Å². The van der Waals surface area contributed by atoms with E-state index in [1.54, 1.807) is 0 Å². The van der Waals surface area contributed by atoms with Crippen molar-refractivity contribution < 1.29 is 29.6 Å². The Balaban J connectivity index is -0.00000000300. The maximum Gasteiger partial charge on any atom is 2.00 e. The van der Waals surface area contributed by atoms with Gasteiger partial charge in [-0.25, -0.2) is 0 Å². The van der Waals surface area contributed by atoms with Gasteiger partial charge in [-0.3, -0.25) is 0 Å². The third-order valence-corrected chi connectivity index (χ3v) is 0. The van der Waals surface area contributed by atoms with Crippen LogP contribution in [0.2, 0.25) is 0 Å². The van der Waals surface area contributed by atoms with E-state index in [0.29, 0.717) is 0 Å². The standard InChI is InChI=1S/Be.HNO3.3H2O.2H/c;2-1(3)4;;;;;/h;(H,2,3,4);3*1H2;;/q+2;;;;;2*-1. The molecular formula is H9BeNO6. The van der Waals surface area contributed by atoms with Gasteiger partial charge in [-0.15, -0.1) is 10.1 Å². The van der Waals surface area contributed by atoms with Crippen LogP contribution in [-0.4, -0.2) is 36.8 Å². The van der Waals surface area contributed by atoms with Gasteiger partial charge in [-0.2, -0.15) is 0 Å². The topological polar surface area (TPSA) is 158 Å². The zero-order valence-electron chi connectivity index (χ0n) is 5.92. The molecule has 0 bridgehead atoms. The van der Waals surface area contributed by atoms with Crippen LogP contribution in [0.3, 0.4) is 0 Å². The summed E-state index contributed by atoms with van der Waals surface area (Å²) in [7, 11) is 0. The number of rotatable bonds is 0. The first kappa shape index (κ1) is 56.0. The van der Waals surface area contributed by atoms with Crippen LogP contribution in [0, 0.1) is 10.1 Å². The summed E-state index contributed by atoms with van der Waals surface area (Å²) in [5.41, 5.74) is 0.